The third-order valence-corrected chi connectivity index (χ3v) is 2.79. The molecule has 0 saturated heterocycles. The number of benzene rings is 1. The summed E-state index contributed by atoms with van der Waals surface area (Å²) in [6.45, 7) is 6.91. The summed E-state index contributed by atoms with van der Waals surface area (Å²) in [5.74, 6) is 5.52. The van der Waals surface area contributed by atoms with Gasteiger partial charge in [-0.25, -0.2) is 0 Å². The number of rotatable bonds is 4. The van der Waals surface area contributed by atoms with Gasteiger partial charge in [0.15, 0.2) is 0 Å². The zero-order chi connectivity index (χ0) is 11.4. The fraction of sp³-hybridized carbons (Fsp3) is 0.500. The molecule has 0 fully saturated rings. The maximum absolute atomic E-state index is 5.52. The molecule has 1 rings (SSSR count). The number of ether oxygens (including phenoxy) is 1. The van der Waals surface area contributed by atoms with Crippen LogP contribution in [0.4, 0.5) is 0 Å². The largest absolute Gasteiger partial charge is 0.383 e. The van der Waals surface area contributed by atoms with Crippen molar-refractivity contribution in [2.45, 2.75) is 26.8 Å². The monoisotopic (exact) mass is 208 g/mol. The van der Waals surface area contributed by atoms with Crippen molar-refractivity contribution >= 4 is 0 Å². The fourth-order valence-electron chi connectivity index (χ4n) is 1.75. The Hall–Kier alpha value is -0.900. The first-order valence-electron chi connectivity index (χ1n) is 5.13. The highest BCUT2D eigenvalue weighted by Crippen LogP contribution is 2.21. The minimum absolute atomic E-state index is 0.0642. The van der Waals surface area contributed by atoms with Crippen LogP contribution in [0.1, 0.15) is 28.3 Å². The molecule has 1 atom stereocenters. The minimum atomic E-state index is 0.0642. The van der Waals surface area contributed by atoms with Crippen LogP contribution in [0, 0.1) is 20.8 Å². The molecule has 0 aliphatic heterocycles. The molecule has 15 heavy (non-hydrogen) atoms. The van der Waals surface area contributed by atoms with Gasteiger partial charge in [0.25, 0.3) is 0 Å². The Labute approximate surface area is 91.6 Å². The Kier molecular flexibility index (Phi) is 4.27. The quantitative estimate of drug-likeness (QED) is 0.585. The zero-order valence-electron chi connectivity index (χ0n) is 9.92. The van der Waals surface area contributed by atoms with E-state index in [1.54, 1.807) is 7.11 Å². The topological polar surface area (TPSA) is 47.3 Å². The van der Waals surface area contributed by atoms with E-state index in [0.717, 1.165) is 0 Å². The highest BCUT2D eigenvalue weighted by Gasteiger charge is 2.12. The van der Waals surface area contributed by atoms with Gasteiger partial charge in [-0.15, -0.1) is 0 Å². The summed E-state index contributed by atoms with van der Waals surface area (Å²) in [6.07, 6.45) is 0. The summed E-state index contributed by atoms with van der Waals surface area (Å²) in [5, 5.41) is 0. The Morgan fingerprint density at radius 1 is 1.20 bits per heavy atom. The fourth-order valence-corrected chi connectivity index (χ4v) is 1.75. The molecule has 1 aromatic carbocycles. The molecule has 1 unspecified atom stereocenters. The van der Waals surface area contributed by atoms with Crippen LogP contribution in [0.25, 0.3) is 0 Å². The lowest BCUT2D eigenvalue weighted by Crippen LogP contribution is -2.31. The molecule has 0 heterocycles. The second-order valence-corrected chi connectivity index (χ2v) is 3.97. The summed E-state index contributed by atoms with van der Waals surface area (Å²) in [4.78, 5) is 0. The lowest BCUT2D eigenvalue weighted by Gasteiger charge is -2.19. The zero-order valence-corrected chi connectivity index (χ0v) is 9.92. The summed E-state index contributed by atoms with van der Waals surface area (Å²) in [7, 11) is 1.68. The van der Waals surface area contributed by atoms with Crippen molar-refractivity contribution in [2.24, 2.45) is 5.84 Å². The van der Waals surface area contributed by atoms with E-state index in [0.29, 0.717) is 6.61 Å². The van der Waals surface area contributed by atoms with Crippen molar-refractivity contribution in [3.63, 3.8) is 0 Å². The first-order chi connectivity index (χ1) is 7.10. The first-order valence-corrected chi connectivity index (χ1v) is 5.13. The van der Waals surface area contributed by atoms with E-state index in [1.807, 2.05) is 0 Å². The van der Waals surface area contributed by atoms with Crippen LogP contribution in [0.3, 0.4) is 0 Å². The van der Waals surface area contributed by atoms with Gasteiger partial charge in [0.1, 0.15) is 0 Å². The molecule has 3 N–H and O–H groups in total. The average molecular weight is 208 g/mol. The number of nitrogens with two attached hydrogens (primary N) is 1. The number of methoxy groups -OCH3 is 1. The predicted octanol–water partition coefficient (Wildman–Crippen LogP) is 1.76. The van der Waals surface area contributed by atoms with Gasteiger partial charge in [-0.1, -0.05) is 12.1 Å². The lowest BCUT2D eigenvalue weighted by atomic mass is 9.96. The smallest absolute Gasteiger partial charge is 0.0696 e. The summed E-state index contributed by atoms with van der Waals surface area (Å²) in [5.41, 5.74) is 7.83. The lowest BCUT2D eigenvalue weighted by molar-refractivity contribution is 0.167. The molecule has 0 aliphatic rings. The Morgan fingerprint density at radius 2 is 1.80 bits per heavy atom. The maximum atomic E-state index is 5.52. The van der Waals surface area contributed by atoms with Crippen LogP contribution in [0.15, 0.2) is 12.1 Å². The number of nitrogens with one attached hydrogen (secondary N) is 1. The maximum Gasteiger partial charge on any atom is 0.0696 e. The molecule has 0 spiro atoms. The van der Waals surface area contributed by atoms with Gasteiger partial charge in [-0.05, 0) is 43.0 Å². The molecule has 0 aromatic heterocycles. The number of hydrazine groups is 1. The summed E-state index contributed by atoms with van der Waals surface area (Å²) in [6, 6.07) is 4.42. The van der Waals surface area contributed by atoms with Crippen molar-refractivity contribution in [3.05, 3.63) is 34.4 Å². The third kappa shape index (κ3) is 2.78. The normalized spacial score (nSPS) is 12.9. The standard InChI is InChI=1S/C12H20N2O/c1-8-5-10(3)11(6-9(8)2)12(14-13)7-15-4/h5-6,12,14H,7,13H2,1-4H3. The van der Waals surface area contributed by atoms with Gasteiger partial charge in [0.2, 0.25) is 0 Å². The van der Waals surface area contributed by atoms with E-state index in [-0.39, 0.29) is 6.04 Å². The molecule has 0 bridgehead atoms. The Balaban J connectivity index is 3.06. The molecule has 0 amide bonds. The predicted molar refractivity (Wildman–Crippen MR) is 62.6 cm³/mol. The molecule has 0 radical (unpaired) electrons. The van der Waals surface area contributed by atoms with Crippen molar-refractivity contribution in [3.8, 4) is 0 Å². The van der Waals surface area contributed by atoms with Gasteiger partial charge in [-0.2, -0.15) is 0 Å². The highest BCUT2D eigenvalue weighted by molar-refractivity contribution is 5.38. The molecular weight excluding hydrogens is 188 g/mol. The van der Waals surface area contributed by atoms with E-state index in [2.05, 4.69) is 38.3 Å². The third-order valence-electron chi connectivity index (χ3n) is 2.79. The molecule has 1 aromatic rings. The van der Waals surface area contributed by atoms with E-state index < -0.39 is 0 Å². The SMILES string of the molecule is COCC(NN)c1cc(C)c(C)cc1C. The Morgan fingerprint density at radius 3 is 2.33 bits per heavy atom. The van der Waals surface area contributed by atoms with E-state index in [1.165, 1.54) is 22.3 Å². The number of hydrogen-bond donors (Lipinski definition) is 2. The van der Waals surface area contributed by atoms with Crippen molar-refractivity contribution in [1.82, 2.24) is 5.43 Å². The molecule has 0 aliphatic carbocycles. The molecule has 0 saturated carbocycles. The molecule has 3 nitrogen and oxygen atoms in total. The second kappa shape index (κ2) is 5.26. The van der Waals surface area contributed by atoms with Gasteiger partial charge in [-0.3, -0.25) is 11.3 Å². The van der Waals surface area contributed by atoms with Crippen LogP contribution in [0.2, 0.25) is 0 Å². The Bertz CT molecular complexity index is 337. The summed E-state index contributed by atoms with van der Waals surface area (Å²) < 4.78 is 5.13. The number of aryl methyl sites for hydroxylation is 3. The van der Waals surface area contributed by atoms with Crippen LogP contribution in [0.5, 0.6) is 0 Å². The molecule has 3 heteroatoms. The van der Waals surface area contributed by atoms with Crippen LogP contribution >= 0.6 is 0 Å². The van der Waals surface area contributed by atoms with E-state index in [9.17, 15) is 0 Å². The van der Waals surface area contributed by atoms with Crippen LogP contribution < -0.4 is 11.3 Å². The molecular formula is C12H20N2O. The summed E-state index contributed by atoms with van der Waals surface area (Å²) >= 11 is 0. The van der Waals surface area contributed by atoms with E-state index >= 15 is 0 Å². The van der Waals surface area contributed by atoms with E-state index in [4.69, 9.17) is 10.6 Å². The van der Waals surface area contributed by atoms with Gasteiger partial charge in [0, 0.05) is 7.11 Å². The van der Waals surface area contributed by atoms with Crippen LogP contribution in [-0.4, -0.2) is 13.7 Å². The van der Waals surface area contributed by atoms with Crippen molar-refractivity contribution < 1.29 is 4.74 Å². The van der Waals surface area contributed by atoms with Crippen molar-refractivity contribution in [1.29, 1.82) is 0 Å². The van der Waals surface area contributed by atoms with Gasteiger partial charge >= 0.3 is 0 Å². The minimum Gasteiger partial charge on any atom is -0.383 e. The average Bonchev–Trinajstić information content (AvgIpc) is 2.20. The number of hydrogen-bond acceptors (Lipinski definition) is 3. The first kappa shape index (κ1) is 12.2. The van der Waals surface area contributed by atoms with Gasteiger partial charge < -0.3 is 4.74 Å². The van der Waals surface area contributed by atoms with Gasteiger partial charge in [0.05, 0.1) is 12.6 Å². The highest BCUT2D eigenvalue weighted by atomic mass is 16.5. The second-order valence-electron chi connectivity index (χ2n) is 3.97. The van der Waals surface area contributed by atoms with Crippen LogP contribution in [-0.2, 0) is 4.74 Å². The van der Waals surface area contributed by atoms with Crippen molar-refractivity contribution in [2.75, 3.05) is 13.7 Å². The molecule has 84 valence electrons.